The van der Waals surface area contributed by atoms with Crippen molar-refractivity contribution in [3.05, 3.63) is 59.4 Å². The number of aromatic nitrogens is 1. The number of nitrogens with zero attached hydrogens (tertiary/aromatic N) is 1. The van der Waals surface area contributed by atoms with E-state index in [1.54, 1.807) is 0 Å². The first-order chi connectivity index (χ1) is 9.84. The smallest absolute Gasteiger partial charge is 0.251 e. The van der Waals surface area contributed by atoms with Gasteiger partial charge in [-0.3, -0.25) is 4.79 Å². The first-order valence-corrected chi connectivity index (χ1v) is 7.05. The van der Waals surface area contributed by atoms with Crippen LogP contribution in [0.4, 0.5) is 0 Å². The highest BCUT2D eigenvalue weighted by Crippen LogP contribution is 2.18. The van der Waals surface area contributed by atoms with Crippen molar-refractivity contribution in [2.45, 2.75) is 19.5 Å². The van der Waals surface area contributed by atoms with Gasteiger partial charge in [-0.15, -0.1) is 0 Å². The SMILES string of the molecule is O=C(NCCn1cccc1)c1cccc2c1CCNC2. The quantitative estimate of drug-likeness (QED) is 0.885. The Morgan fingerprint density at radius 1 is 1.25 bits per heavy atom. The second kappa shape index (κ2) is 5.92. The van der Waals surface area contributed by atoms with Gasteiger partial charge in [0.05, 0.1) is 0 Å². The number of benzene rings is 1. The molecule has 3 rings (SSSR count). The summed E-state index contributed by atoms with van der Waals surface area (Å²) in [7, 11) is 0. The van der Waals surface area contributed by atoms with Crippen molar-refractivity contribution in [1.82, 2.24) is 15.2 Å². The Hall–Kier alpha value is -2.07. The van der Waals surface area contributed by atoms with Gasteiger partial charge in [0.25, 0.3) is 5.91 Å². The van der Waals surface area contributed by atoms with Gasteiger partial charge in [-0.2, -0.15) is 0 Å². The van der Waals surface area contributed by atoms with Gasteiger partial charge in [-0.05, 0) is 42.3 Å². The molecule has 1 aromatic heterocycles. The highest BCUT2D eigenvalue weighted by molar-refractivity contribution is 5.96. The monoisotopic (exact) mass is 269 g/mol. The van der Waals surface area contributed by atoms with Crippen molar-refractivity contribution in [2.75, 3.05) is 13.1 Å². The maximum Gasteiger partial charge on any atom is 0.251 e. The Balaban J connectivity index is 1.65. The van der Waals surface area contributed by atoms with E-state index in [1.807, 2.05) is 36.7 Å². The highest BCUT2D eigenvalue weighted by Gasteiger charge is 2.16. The topological polar surface area (TPSA) is 46.1 Å². The van der Waals surface area contributed by atoms with Crippen LogP contribution in [0.5, 0.6) is 0 Å². The van der Waals surface area contributed by atoms with Gasteiger partial charge < -0.3 is 15.2 Å². The molecule has 2 heterocycles. The molecule has 0 radical (unpaired) electrons. The number of hydrogen-bond acceptors (Lipinski definition) is 2. The van der Waals surface area contributed by atoms with Crippen LogP contribution in [0.15, 0.2) is 42.7 Å². The van der Waals surface area contributed by atoms with Gasteiger partial charge in [0, 0.05) is 37.6 Å². The van der Waals surface area contributed by atoms with Gasteiger partial charge in [-0.25, -0.2) is 0 Å². The third-order valence-corrected chi connectivity index (χ3v) is 3.71. The van der Waals surface area contributed by atoms with Crippen LogP contribution in [0.2, 0.25) is 0 Å². The largest absolute Gasteiger partial charge is 0.353 e. The second-order valence-corrected chi connectivity index (χ2v) is 5.05. The van der Waals surface area contributed by atoms with Crippen molar-refractivity contribution in [1.29, 1.82) is 0 Å². The Bertz CT molecular complexity index is 590. The number of hydrogen-bond donors (Lipinski definition) is 2. The molecular formula is C16H19N3O. The van der Waals surface area contributed by atoms with Crippen LogP contribution >= 0.6 is 0 Å². The van der Waals surface area contributed by atoms with Crippen LogP contribution in [0.1, 0.15) is 21.5 Å². The van der Waals surface area contributed by atoms with Crippen LogP contribution in [0.3, 0.4) is 0 Å². The summed E-state index contributed by atoms with van der Waals surface area (Å²) in [6, 6.07) is 9.96. The van der Waals surface area contributed by atoms with Crippen LogP contribution in [0, 0.1) is 0 Å². The van der Waals surface area contributed by atoms with E-state index in [0.717, 1.165) is 31.6 Å². The van der Waals surface area contributed by atoms with E-state index in [1.165, 1.54) is 11.1 Å². The molecule has 2 aromatic rings. The standard InChI is InChI=1S/C16H19N3O/c20-16(18-8-11-19-9-1-2-10-19)15-5-3-4-13-12-17-7-6-14(13)15/h1-5,9-10,17H,6-8,11-12H2,(H,18,20). The first kappa shape index (κ1) is 12.9. The molecule has 0 saturated heterocycles. The summed E-state index contributed by atoms with van der Waals surface area (Å²) < 4.78 is 2.06. The van der Waals surface area contributed by atoms with Crippen molar-refractivity contribution >= 4 is 5.91 Å². The minimum atomic E-state index is 0.0379. The zero-order valence-electron chi connectivity index (χ0n) is 11.4. The average Bonchev–Trinajstić information content (AvgIpc) is 3.00. The van der Waals surface area contributed by atoms with Crippen molar-refractivity contribution in [3.63, 3.8) is 0 Å². The lowest BCUT2D eigenvalue weighted by Gasteiger charge is -2.20. The average molecular weight is 269 g/mol. The van der Waals surface area contributed by atoms with E-state index in [0.29, 0.717) is 6.54 Å². The van der Waals surface area contributed by atoms with E-state index in [9.17, 15) is 4.79 Å². The lowest BCUT2D eigenvalue weighted by Crippen LogP contribution is -2.31. The lowest BCUT2D eigenvalue weighted by atomic mass is 9.95. The third-order valence-electron chi connectivity index (χ3n) is 3.71. The van der Waals surface area contributed by atoms with Crippen molar-refractivity contribution in [2.24, 2.45) is 0 Å². The Morgan fingerprint density at radius 3 is 2.95 bits per heavy atom. The summed E-state index contributed by atoms with van der Waals surface area (Å²) in [6.45, 7) is 3.26. The second-order valence-electron chi connectivity index (χ2n) is 5.05. The van der Waals surface area contributed by atoms with Gasteiger partial charge >= 0.3 is 0 Å². The van der Waals surface area contributed by atoms with Gasteiger partial charge in [0.1, 0.15) is 0 Å². The number of carbonyl (C=O) groups is 1. The number of fused-ring (bicyclic) bond motifs is 1. The molecule has 0 aliphatic carbocycles. The maximum absolute atomic E-state index is 12.3. The molecule has 20 heavy (non-hydrogen) atoms. The summed E-state index contributed by atoms with van der Waals surface area (Å²) >= 11 is 0. The molecule has 1 amide bonds. The molecule has 0 bridgehead atoms. The molecule has 104 valence electrons. The van der Waals surface area contributed by atoms with E-state index in [4.69, 9.17) is 0 Å². The van der Waals surface area contributed by atoms with Crippen LogP contribution in [0.25, 0.3) is 0 Å². The fourth-order valence-corrected chi connectivity index (χ4v) is 2.66. The molecule has 1 aliphatic heterocycles. The van der Waals surface area contributed by atoms with Crippen molar-refractivity contribution < 1.29 is 4.79 Å². The first-order valence-electron chi connectivity index (χ1n) is 7.05. The molecule has 0 spiro atoms. The molecule has 0 fully saturated rings. The Kier molecular flexibility index (Phi) is 3.83. The zero-order chi connectivity index (χ0) is 13.8. The maximum atomic E-state index is 12.3. The Labute approximate surface area is 118 Å². The fourth-order valence-electron chi connectivity index (χ4n) is 2.66. The normalized spacial score (nSPS) is 13.8. The fraction of sp³-hybridized carbons (Fsp3) is 0.312. The Morgan fingerprint density at radius 2 is 2.10 bits per heavy atom. The summed E-state index contributed by atoms with van der Waals surface area (Å²) in [5.41, 5.74) is 3.27. The summed E-state index contributed by atoms with van der Waals surface area (Å²) in [4.78, 5) is 12.3. The van der Waals surface area contributed by atoms with Gasteiger partial charge in [0.2, 0.25) is 0 Å². The van der Waals surface area contributed by atoms with Crippen LogP contribution in [-0.4, -0.2) is 23.6 Å². The molecular weight excluding hydrogens is 250 g/mol. The van der Waals surface area contributed by atoms with Gasteiger partial charge in [0.15, 0.2) is 0 Å². The molecule has 0 saturated carbocycles. The molecule has 4 nitrogen and oxygen atoms in total. The molecule has 4 heteroatoms. The highest BCUT2D eigenvalue weighted by atomic mass is 16.1. The summed E-state index contributed by atoms with van der Waals surface area (Å²) in [6.07, 6.45) is 4.93. The minimum Gasteiger partial charge on any atom is -0.353 e. The van der Waals surface area contributed by atoms with Crippen molar-refractivity contribution in [3.8, 4) is 0 Å². The molecule has 1 aromatic carbocycles. The van der Waals surface area contributed by atoms with E-state index >= 15 is 0 Å². The summed E-state index contributed by atoms with van der Waals surface area (Å²) in [5.74, 6) is 0.0379. The predicted molar refractivity (Wildman–Crippen MR) is 78.6 cm³/mol. The third kappa shape index (κ3) is 2.75. The summed E-state index contributed by atoms with van der Waals surface area (Å²) in [5, 5.41) is 6.34. The van der Waals surface area contributed by atoms with E-state index < -0.39 is 0 Å². The van der Waals surface area contributed by atoms with E-state index in [-0.39, 0.29) is 5.91 Å². The number of amides is 1. The predicted octanol–water partition coefficient (Wildman–Crippen LogP) is 1.56. The van der Waals surface area contributed by atoms with E-state index in [2.05, 4.69) is 21.3 Å². The minimum absolute atomic E-state index is 0.0379. The molecule has 2 N–H and O–H groups in total. The number of nitrogens with one attached hydrogen (secondary N) is 2. The number of carbonyl (C=O) groups excluding carboxylic acids is 1. The molecule has 0 unspecified atom stereocenters. The number of rotatable bonds is 4. The molecule has 1 aliphatic rings. The van der Waals surface area contributed by atoms with Gasteiger partial charge in [-0.1, -0.05) is 12.1 Å². The van der Waals surface area contributed by atoms with Crippen LogP contribution < -0.4 is 10.6 Å². The molecule has 0 atom stereocenters. The van der Waals surface area contributed by atoms with Crippen LogP contribution in [-0.2, 0) is 19.5 Å². The lowest BCUT2D eigenvalue weighted by molar-refractivity contribution is 0.0951. The zero-order valence-corrected chi connectivity index (χ0v) is 11.4.